The molecule has 2 aromatic heterocycles. The summed E-state index contributed by atoms with van der Waals surface area (Å²) >= 11 is 0. The summed E-state index contributed by atoms with van der Waals surface area (Å²) in [6.45, 7) is 3.79. The number of nitrogens with zero attached hydrogens (tertiary/aromatic N) is 5. The van der Waals surface area contributed by atoms with Gasteiger partial charge in [-0.05, 0) is 38.1 Å². The van der Waals surface area contributed by atoms with Crippen LogP contribution >= 0.6 is 0 Å². The Balaban J connectivity index is 2.01. The second-order valence-corrected chi connectivity index (χ2v) is 4.56. The van der Waals surface area contributed by atoms with Crippen molar-refractivity contribution < 1.29 is 0 Å². The maximum Gasteiger partial charge on any atom is 0.181 e. The van der Waals surface area contributed by atoms with E-state index in [0.717, 1.165) is 17.0 Å². The fourth-order valence-electron chi connectivity index (χ4n) is 1.87. The summed E-state index contributed by atoms with van der Waals surface area (Å²) < 4.78 is 1.64. The lowest BCUT2D eigenvalue weighted by Crippen LogP contribution is -2.04. The number of nitrogens with two attached hydrogens (primary N) is 1. The van der Waals surface area contributed by atoms with Crippen LogP contribution in [0.25, 0.3) is 17.2 Å². The Morgan fingerprint density at radius 3 is 2.55 bits per heavy atom. The molecule has 2 heterocycles. The fourth-order valence-corrected chi connectivity index (χ4v) is 1.87. The molecule has 1 aromatic carbocycles. The van der Waals surface area contributed by atoms with Gasteiger partial charge < -0.3 is 5.73 Å². The first kappa shape index (κ1) is 12.3. The van der Waals surface area contributed by atoms with Crippen LogP contribution in [0.15, 0.2) is 36.8 Å². The van der Waals surface area contributed by atoms with Crippen LogP contribution in [0, 0.1) is 13.8 Å². The summed E-state index contributed by atoms with van der Waals surface area (Å²) in [6, 6.07) is 7.44. The summed E-state index contributed by atoms with van der Waals surface area (Å²) in [5.74, 6) is 1.33. The molecule has 0 aliphatic heterocycles. The van der Waals surface area contributed by atoms with Gasteiger partial charge in [0.05, 0.1) is 11.4 Å². The zero-order chi connectivity index (χ0) is 14.1. The minimum absolute atomic E-state index is 0.632. The predicted molar refractivity (Wildman–Crippen MR) is 76.3 cm³/mol. The molecular weight excluding hydrogens is 252 g/mol. The third-order valence-electron chi connectivity index (χ3n) is 2.93. The van der Waals surface area contributed by atoms with Crippen molar-refractivity contribution in [2.45, 2.75) is 13.8 Å². The van der Waals surface area contributed by atoms with Gasteiger partial charge in [0.15, 0.2) is 11.6 Å². The standard InChI is InChI=1S/C14H14N6/c1-9-7-16-10(2)14(18-9)20-8-17-13(19-20)11-3-5-12(15)6-4-11/h3-8H,15H2,1-2H3. The lowest BCUT2D eigenvalue weighted by Gasteiger charge is -2.03. The predicted octanol–water partition coefficient (Wildman–Crippen LogP) is 1.92. The average molecular weight is 266 g/mol. The highest BCUT2D eigenvalue weighted by molar-refractivity contribution is 5.58. The van der Waals surface area contributed by atoms with E-state index in [-0.39, 0.29) is 0 Å². The van der Waals surface area contributed by atoms with Crippen LogP contribution in [0.4, 0.5) is 5.69 Å². The van der Waals surface area contributed by atoms with Gasteiger partial charge in [-0.25, -0.2) is 14.6 Å². The molecule has 0 aliphatic rings. The van der Waals surface area contributed by atoms with E-state index >= 15 is 0 Å². The summed E-state index contributed by atoms with van der Waals surface area (Å²) in [7, 11) is 0. The van der Waals surface area contributed by atoms with Gasteiger partial charge >= 0.3 is 0 Å². The van der Waals surface area contributed by atoms with Crippen molar-refractivity contribution >= 4 is 5.69 Å². The fraction of sp³-hybridized carbons (Fsp3) is 0.143. The van der Waals surface area contributed by atoms with Crippen LogP contribution in [0.1, 0.15) is 11.4 Å². The zero-order valence-electron chi connectivity index (χ0n) is 11.3. The van der Waals surface area contributed by atoms with Crippen molar-refractivity contribution in [1.29, 1.82) is 0 Å². The van der Waals surface area contributed by atoms with Crippen molar-refractivity contribution in [3.8, 4) is 17.2 Å². The van der Waals surface area contributed by atoms with E-state index in [2.05, 4.69) is 20.1 Å². The van der Waals surface area contributed by atoms with E-state index < -0.39 is 0 Å². The monoisotopic (exact) mass is 266 g/mol. The molecule has 6 nitrogen and oxygen atoms in total. The molecule has 0 amide bonds. The summed E-state index contributed by atoms with van der Waals surface area (Å²) in [5.41, 5.74) is 8.95. The van der Waals surface area contributed by atoms with E-state index in [0.29, 0.717) is 17.3 Å². The van der Waals surface area contributed by atoms with Crippen LogP contribution in [0.5, 0.6) is 0 Å². The number of hydrogen-bond donors (Lipinski definition) is 1. The summed E-state index contributed by atoms with van der Waals surface area (Å²) in [6.07, 6.45) is 3.37. The quantitative estimate of drug-likeness (QED) is 0.716. The molecule has 0 radical (unpaired) electrons. The third-order valence-corrected chi connectivity index (χ3v) is 2.93. The van der Waals surface area contributed by atoms with Gasteiger partial charge in [0, 0.05) is 17.4 Å². The molecule has 3 rings (SSSR count). The number of aromatic nitrogens is 5. The van der Waals surface area contributed by atoms with Crippen molar-refractivity contribution in [1.82, 2.24) is 24.7 Å². The molecule has 0 atom stereocenters. The molecule has 0 spiro atoms. The molecule has 20 heavy (non-hydrogen) atoms. The molecule has 0 saturated carbocycles. The minimum atomic E-state index is 0.632. The topological polar surface area (TPSA) is 82.5 Å². The molecule has 0 bridgehead atoms. The summed E-state index contributed by atoms with van der Waals surface area (Å²) in [4.78, 5) is 13.0. The average Bonchev–Trinajstić information content (AvgIpc) is 2.92. The van der Waals surface area contributed by atoms with E-state index in [1.807, 2.05) is 38.1 Å². The van der Waals surface area contributed by atoms with Crippen molar-refractivity contribution in [3.05, 3.63) is 48.2 Å². The van der Waals surface area contributed by atoms with Crippen molar-refractivity contribution in [3.63, 3.8) is 0 Å². The van der Waals surface area contributed by atoms with E-state index in [9.17, 15) is 0 Å². The summed E-state index contributed by atoms with van der Waals surface area (Å²) in [5, 5.41) is 4.44. The molecule has 2 N–H and O–H groups in total. The Hall–Kier alpha value is -2.76. The van der Waals surface area contributed by atoms with Crippen LogP contribution in [0.3, 0.4) is 0 Å². The number of benzene rings is 1. The maximum absolute atomic E-state index is 5.67. The first-order valence-corrected chi connectivity index (χ1v) is 6.21. The molecule has 0 saturated heterocycles. The maximum atomic E-state index is 5.67. The number of hydrogen-bond acceptors (Lipinski definition) is 5. The molecule has 6 heteroatoms. The molecule has 0 unspecified atom stereocenters. The molecule has 0 fully saturated rings. The van der Waals surface area contributed by atoms with Crippen LogP contribution in [-0.4, -0.2) is 24.7 Å². The Morgan fingerprint density at radius 2 is 1.80 bits per heavy atom. The van der Waals surface area contributed by atoms with E-state index in [1.54, 1.807) is 17.2 Å². The molecule has 100 valence electrons. The Morgan fingerprint density at radius 1 is 1.05 bits per heavy atom. The normalized spacial score (nSPS) is 10.7. The molecule has 3 aromatic rings. The van der Waals surface area contributed by atoms with Gasteiger partial charge in [-0.2, -0.15) is 0 Å². The van der Waals surface area contributed by atoms with Crippen molar-refractivity contribution in [2.75, 3.05) is 5.73 Å². The highest BCUT2D eigenvalue weighted by Crippen LogP contribution is 2.17. The largest absolute Gasteiger partial charge is 0.399 e. The highest BCUT2D eigenvalue weighted by atomic mass is 15.4. The van der Waals surface area contributed by atoms with Gasteiger partial charge in [-0.3, -0.25) is 4.98 Å². The number of rotatable bonds is 2. The second-order valence-electron chi connectivity index (χ2n) is 4.56. The number of anilines is 1. The van der Waals surface area contributed by atoms with E-state index in [4.69, 9.17) is 5.73 Å². The molecule has 0 aliphatic carbocycles. The SMILES string of the molecule is Cc1cnc(C)c(-n2cnc(-c3ccc(N)cc3)n2)n1. The smallest absolute Gasteiger partial charge is 0.181 e. The molecular formula is C14H14N6. The zero-order valence-corrected chi connectivity index (χ0v) is 11.3. The van der Waals surface area contributed by atoms with Gasteiger partial charge in [-0.15, -0.1) is 5.10 Å². The Bertz CT molecular complexity index is 745. The number of nitrogen functional groups attached to an aromatic ring is 1. The first-order valence-electron chi connectivity index (χ1n) is 6.21. The Labute approximate surface area is 116 Å². The number of aryl methyl sites for hydroxylation is 2. The van der Waals surface area contributed by atoms with Gasteiger partial charge in [0.25, 0.3) is 0 Å². The van der Waals surface area contributed by atoms with Crippen LogP contribution < -0.4 is 5.73 Å². The van der Waals surface area contributed by atoms with E-state index in [1.165, 1.54) is 0 Å². The highest BCUT2D eigenvalue weighted by Gasteiger charge is 2.09. The lowest BCUT2D eigenvalue weighted by molar-refractivity contribution is 0.816. The van der Waals surface area contributed by atoms with Gasteiger partial charge in [0.1, 0.15) is 6.33 Å². The lowest BCUT2D eigenvalue weighted by atomic mass is 10.2. The third kappa shape index (κ3) is 2.23. The second kappa shape index (κ2) is 4.73. The Kier molecular flexibility index (Phi) is 2.90. The van der Waals surface area contributed by atoms with Crippen molar-refractivity contribution in [2.24, 2.45) is 0 Å². The van der Waals surface area contributed by atoms with Gasteiger partial charge in [0.2, 0.25) is 0 Å². The van der Waals surface area contributed by atoms with Gasteiger partial charge in [-0.1, -0.05) is 0 Å². The first-order chi connectivity index (χ1) is 9.63. The van der Waals surface area contributed by atoms with Crippen LogP contribution in [0.2, 0.25) is 0 Å². The van der Waals surface area contributed by atoms with Crippen LogP contribution in [-0.2, 0) is 0 Å². The minimum Gasteiger partial charge on any atom is -0.399 e.